The molecule has 1 aromatic carbocycles. The van der Waals surface area contributed by atoms with Crippen molar-refractivity contribution in [2.75, 3.05) is 6.54 Å². The summed E-state index contributed by atoms with van der Waals surface area (Å²) in [5.74, 6) is 0.770. The van der Waals surface area contributed by atoms with E-state index >= 15 is 0 Å². The van der Waals surface area contributed by atoms with Crippen molar-refractivity contribution in [1.29, 1.82) is 0 Å². The van der Waals surface area contributed by atoms with Crippen LogP contribution in [-0.4, -0.2) is 12.6 Å². The number of allylic oxidation sites excluding steroid dienone is 1. The van der Waals surface area contributed by atoms with E-state index in [9.17, 15) is 0 Å². The largest absolute Gasteiger partial charge is 0.310 e. The van der Waals surface area contributed by atoms with Crippen LogP contribution in [0.25, 0.3) is 0 Å². The van der Waals surface area contributed by atoms with Gasteiger partial charge in [-0.1, -0.05) is 42.8 Å². The van der Waals surface area contributed by atoms with Crippen molar-refractivity contribution in [3.8, 4) is 0 Å². The topological polar surface area (TPSA) is 12.0 Å². The smallest absolute Gasteiger partial charge is 0.0314 e. The molecule has 0 bridgehead atoms. The molecule has 0 saturated heterocycles. The zero-order chi connectivity index (χ0) is 12.4. The first-order valence-corrected chi connectivity index (χ1v) is 7.37. The summed E-state index contributed by atoms with van der Waals surface area (Å²) in [5, 5.41) is 3.73. The molecule has 0 aromatic heterocycles. The van der Waals surface area contributed by atoms with Gasteiger partial charge in [0.1, 0.15) is 0 Å². The molecule has 0 amide bonds. The molecule has 2 aliphatic carbocycles. The average molecular weight is 241 g/mol. The van der Waals surface area contributed by atoms with Crippen LogP contribution in [0.15, 0.2) is 35.9 Å². The Morgan fingerprint density at radius 1 is 1.22 bits per heavy atom. The van der Waals surface area contributed by atoms with Crippen molar-refractivity contribution < 1.29 is 0 Å². The molecular formula is C17H23N. The number of benzene rings is 1. The summed E-state index contributed by atoms with van der Waals surface area (Å²) in [6, 6.07) is 9.59. The normalized spacial score (nSPS) is 20.8. The summed E-state index contributed by atoms with van der Waals surface area (Å²) >= 11 is 0. The fourth-order valence-electron chi connectivity index (χ4n) is 3.63. The molecular weight excluding hydrogens is 218 g/mol. The highest BCUT2D eigenvalue weighted by Crippen LogP contribution is 2.34. The molecule has 18 heavy (non-hydrogen) atoms. The molecule has 0 saturated carbocycles. The minimum absolute atomic E-state index is 0.616. The molecule has 1 aromatic rings. The Bertz CT molecular complexity index is 422. The minimum atomic E-state index is 0.616. The first-order valence-electron chi connectivity index (χ1n) is 7.37. The van der Waals surface area contributed by atoms with Gasteiger partial charge < -0.3 is 5.32 Å². The van der Waals surface area contributed by atoms with Gasteiger partial charge in [0.15, 0.2) is 0 Å². The molecule has 2 aliphatic rings. The van der Waals surface area contributed by atoms with Gasteiger partial charge in [-0.25, -0.2) is 0 Å². The molecule has 0 fully saturated rings. The van der Waals surface area contributed by atoms with Crippen molar-refractivity contribution in [3.63, 3.8) is 0 Å². The van der Waals surface area contributed by atoms with Gasteiger partial charge in [-0.2, -0.15) is 0 Å². The Kier molecular flexibility index (Phi) is 3.51. The van der Waals surface area contributed by atoms with Gasteiger partial charge in [0.25, 0.3) is 0 Å². The monoisotopic (exact) mass is 241 g/mol. The van der Waals surface area contributed by atoms with Crippen molar-refractivity contribution in [2.45, 2.75) is 45.1 Å². The molecule has 0 aliphatic heterocycles. The van der Waals surface area contributed by atoms with Crippen molar-refractivity contribution in [3.05, 3.63) is 47.0 Å². The summed E-state index contributed by atoms with van der Waals surface area (Å²) in [4.78, 5) is 0. The number of hydrogen-bond acceptors (Lipinski definition) is 1. The maximum Gasteiger partial charge on any atom is 0.0314 e. The van der Waals surface area contributed by atoms with Crippen molar-refractivity contribution in [2.24, 2.45) is 5.92 Å². The fourth-order valence-corrected chi connectivity index (χ4v) is 3.63. The van der Waals surface area contributed by atoms with Crippen LogP contribution < -0.4 is 5.32 Å². The zero-order valence-corrected chi connectivity index (χ0v) is 11.3. The second-order valence-electron chi connectivity index (χ2n) is 5.64. The maximum absolute atomic E-state index is 3.73. The Hall–Kier alpha value is -1.08. The standard InChI is InChI=1S/C17H23N/c1-2-18-17(13-7-3-4-8-13)16-11-14-9-5-6-10-15(14)12-16/h5-7,9-10,16-18H,2-4,8,11-12H2,1H3. The molecule has 0 heterocycles. The SMILES string of the molecule is CCNC(C1=CCCC1)C1Cc2ccccc2C1. The van der Waals surface area contributed by atoms with Crippen LogP contribution in [0, 0.1) is 5.92 Å². The number of likely N-dealkylation sites (N-methyl/N-ethyl adjacent to an activating group) is 1. The van der Waals surface area contributed by atoms with Gasteiger partial charge in [-0.05, 0) is 55.7 Å². The van der Waals surface area contributed by atoms with Crippen LogP contribution in [0.2, 0.25) is 0 Å². The molecule has 96 valence electrons. The van der Waals surface area contributed by atoms with E-state index in [1.165, 1.54) is 32.1 Å². The summed E-state index contributed by atoms with van der Waals surface area (Å²) in [6.07, 6.45) is 8.95. The molecule has 1 heteroatoms. The number of nitrogens with one attached hydrogen (secondary N) is 1. The summed E-state index contributed by atoms with van der Waals surface area (Å²) in [5.41, 5.74) is 4.82. The van der Waals surface area contributed by atoms with E-state index in [1.54, 1.807) is 16.7 Å². The predicted molar refractivity (Wildman–Crippen MR) is 76.7 cm³/mol. The van der Waals surface area contributed by atoms with Gasteiger partial charge >= 0.3 is 0 Å². The molecule has 0 radical (unpaired) electrons. The highest BCUT2D eigenvalue weighted by Gasteiger charge is 2.30. The van der Waals surface area contributed by atoms with E-state index in [1.807, 2.05) is 0 Å². The molecule has 1 N–H and O–H groups in total. The van der Waals surface area contributed by atoms with Crippen LogP contribution in [0.5, 0.6) is 0 Å². The Labute approximate surface area is 110 Å². The van der Waals surface area contributed by atoms with Gasteiger partial charge in [0.2, 0.25) is 0 Å². The highest BCUT2D eigenvalue weighted by atomic mass is 14.9. The zero-order valence-electron chi connectivity index (χ0n) is 11.3. The maximum atomic E-state index is 3.73. The van der Waals surface area contributed by atoms with Crippen molar-refractivity contribution in [1.82, 2.24) is 5.32 Å². The summed E-state index contributed by atoms with van der Waals surface area (Å²) < 4.78 is 0. The average Bonchev–Trinajstić information content (AvgIpc) is 3.04. The number of hydrogen-bond donors (Lipinski definition) is 1. The first kappa shape index (κ1) is 12.0. The first-order chi connectivity index (χ1) is 8.88. The minimum Gasteiger partial charge on any atom is -0.310 e. The number of fused-ring (bicyclic) bond motifs is 1. The Balaban J connectivity index is 1.77. The van der Waals surface area contributed by atoms with Gasteiger partial charge in [0, 0.05) is 6.04 Å². The van der Waals surface area contributed by atoms with E-state index in [0.29, 0.717) is 6.04 Å². The molecule has 1 atom stereocenters. The summed E-state index contributed by atoms with van der Waals surface area (Å²) in [6.45, 7) is 3.31. The van der Waals surface area contributed by atoms with E-state index in [2.05, 4.69) is 42.6 Å². The lowest BCUT2D eigenvalue weighted by Gasteiger charge is -2.26. The third-order valence-electron chi connectivity index (χ3n) is 4.45. The van der Waals surface area contributed by atoms with E-state index in [-0.39, 0.29) is 0 Å². The lowest BCUT2D eigenvalue weighted by atomic mass is 9.90. The second kappa shape index (κ2) is 5.27. The van der Waals surface area contributed by atoms with Crippen LogP contribution in [0.3, 0.4) is 0 Å². The molecule has 3 rings (SSSR count). The van der Waals surface area contributed by atoms with E-state index in [0.717, 1.165) is 12.5 Å². The van der Waals surface area contributed by atoms with E-state index in [4.69, 9.17) is 0 Å². The lowest BCUT2D eigenvalue weighted by molar-refractivity contribution is 0.407. The molecule has 1 nitrogen and oxygen atoms in total. The summed E-state index contributed by atoms with van der Waals surface area (Å²) in [7, 11) is 0. The quantitative estimate of drug-likeness (QED) is 0.796. The van der Waals surface area contributed by atoms with Crippen LogP contribution in [0.1, 0.15) is 37.3 Å². The van der Waals surface area contributed by atoms with Crippen LogP contribution in [-0.2, 0) is 12.8 Å². The Morgan fingerprint density at radius 2 is 1.94 bits per heavy atom. The predicted octanol–water partition coefficient (Wildman–Crippen LogP) is 3.49. The highest BCUT2D eigenvalue weighted by molar-refractivity contribution is 5.34. The third-order valence-corrected chi connectivity index (χ3v) is 4.45. The Morgan fingerprint density at radius 3 is 2.50 bits per heavy atom. The van der Waals surface area contributed by atoms with Gasteiger partial charge in [-0.3, -0.25) is 0 Å². The van der Waals surface area contributed by atoms with Crippen molar-refractivity contribution >= 4 is 0 Å². The molecule has 0 spiro atoms. The molecule has 1 unspecified atom stereocenters. The second-order valence-corrected chi connectivity index (χ2v) is 5.64. The van der Waals surface area contributed by atoms with Gasteiger partial charge in [-0.15, -0.1) is 0 Å². The number of rotatable bonds is 4. The fraction of sp³-hybridized carbons (Fsp3) is 0.529. The van der Waals surface area contributed by atoms with Crippen LogP contribution in [0.4, 0.5) is 0 Å². The van der Waals surface area contributed by atoms with E-state index < -0.39 is 0 Å². The van der Waals surface area contributed by atoms with Gasteiger partial charge in [0.05, 0.1) is 0 Å². The third kappa shape index (κ3) is 2.24. The van der Waals surface area contributed by atoms with Crippen LogP contribution >= 0.6 is 0 Å². The lowest BCUT2D eigenvalue weighted by Crippen LogP contribution is -2.38.